The van der Waals surface area contributed by atoms with Crippen LogP contribution in [0.2, 0.25) is 0 Å². The van der Waals surface area contributed by atoms with Crippen LogP contribution in [0, 0.1) is 0 Å². The summed E-state index contributed by atoms with van der Waals surface area (Å²) >= 11 is 0. The Morgan fingerprint density at radius 3 is 1.93 bits per heavy atom. The first-order valence-corrected chi connectivity index (χ1v) is 4.28. The Morgan fingerprint density at radius 2 is 1.73 bits per heavy atom. The lowest BCUT2D eigenvalue weighted by molar-refractivity contribution is -0.208. The number of carboxylic acid groups (broad SMARTS) is 1. The second-order valence-electron chi connectivity index (χ2n) is 3.60. The van der Waals surface area contributed by atoms with Crippen molar-refractivity contribution in [1.82, 2.24) is 5.32 Å². The Balaban J connectivity index is 4.92. The van der Waals surface area contributed by atoms with Crippen molar-refractivity contribution >= 4 is 5.97 Å². The molecule has 0 aliphatic heterocycles. The quantitative estimate of drug-likeness (QED) is 0.665. The molecule has 3 unspecified atom stereocenters. The zero-order chi connectivity index (χ0) is 12.4. The molecule has 0 aliphatic carbocycles. The van der Waals surface area contributed by atoms with Gasteiger partial charge in [-0.25, -0.2) is 4.79 Å². The molecule has 15 heavy (non-hydrogen) atoms. The van der Waals surface area contributed by atoms with Crippen molar-refractivity contribution in [3.63, 3.8) is 0 Å². The predicted octanol–water partition coefficient (Wildman–Crippen LogP) is 0.751. The third kappa shape index (κ3) is 3.07. The number of hydrogen-bond donors (Lipinski definition) is 3. The highest BCUT2D eigenvalue weighted by Crippen LogP contribution is 2.31. The summed E-state index contributed by atoms with van der Waals surface area (Å²) < 4.78 is 37.4. The van der Waals surface area contributed by atoms with Gasteiger partial charge in [-0.3, -0.25) is 5.32 Å². The van der Waals surface area contributed by atoms with Crippen LogP contribution in [0.4, 0.5) is 13.2 Å². The molecule has 0 bridgehead atoms. The third-order valence-electron chi connectivity index (χ3n) is 2.23. The lowest BCUT2D eigenvalue weighted by Gasteiger charge is -2.32. The van der Waals surface area contributed by atoms with Crippen LogP contribution in [-0.2, 0) is 4.79 Å². The number of rotatable bonds is 4. The highest BCUT2D eigenvalue weighted by Gasteiger charge is 2.57. The third-order valence-corrected chi connectivity index (χ3v) is 2.23. The Morgan fingerprint density at radius 1 is 1.33 bits per heavy atom. The SMILES string of the molecule is CC(O)C(C)NC(C)(C(=O)O)C(F)(F)F. The second-order valence-corrected chi connectivity index (χ2v) is 3.60. The smallest absolute Gasteiger partial charge is 0.417 e. The first kappa shape index (κ1) is 14.2. The van der Waals surface area contributed by atoms with Crippen LogP contribution in [0.3, 0.4) is 0 Å². The zero-order valence-corrected chi connectivity index (χ0v) is 8.59. The van der Waals surface area contributed by atoms with Crippen LogP contribution < -0.4 is 5.32 Å². The number of hydrogen-bond acceptors (Lipinski definition) is 3. The van der Waals surface area contributed by atoms with Crippen LogP contribution in [-0.4, -0.2) is 40.0 Å². The number of aliphatic hydroxyl groups is 1. The van der Waals surface area contributed by atoms with Gasteiger partial charge in [-0.05, 0) is 20.8 Å². The van der Waals surface area contributed by atoms with Crippen molar-refractivity contribution in [1.29, 1.82) is 0 Å². The number of alkyl halides is 3. The van der Waals surface area contributed by atoms with Crippen molar-refractivity contribution in [3.05, 3.63) is 0 Å². The summed E-state index contributed by atoms with van der Waals surface area (Å²) in [7, 11) is 0. The van der Waals surface area contributed by atoms with Gasteiger partial charge in [0.05, 0.1) is 6.10 Å². The Hall–Kier alpha value is -0.820. The topological polar surface area (TPSA) is 69.6 Å². The minimum absolute atomic E-state index is 0.522. The summed E-state index contributed by atoms with van der Waals surface area (Å²) in [4.78, 5) is 10.6. The van der Waals surface area contributed by atoms with Crippen LogP contribution in [0.5, 0.6) is 0 Å². The van der Waals surface area contributed by atoms with E-state index in [1.807, 2.05) is 5.32 Å². The highest BCUT2D eigenvalue weighted by atomic mass is 19.4. The number of carboxylic acids is 1. The van der Waals surface area contributed by atoms with Gasteiger partial charge in [0.15, 0.2) is 0 Å². The van der Waals surface area contributed by atoms with E-state index in [4.69, 9.17) is 10.2 Å². The van der Waals surface area contributed by atoms with Gasteiger partial charge in [0.25, 0.3) is 0 Å². The van der Waals surface area contributed by atoms with E-state index in [9.17, 15) is 18.0 Å². The molecule has 0 rings (SSSR count). The molecule has 7 heteroatoms. The molecule has 90 valence electrons. The summed E-state index contributed by atoms with van der Waals surface area (Å²) in [6.45, 7) is 3.07. The fourth-order valence-corrected chi connectivity index (χ4v) is 0.841. The average Bonchev–Trinajstić information content (AvgIpc) is 2.01. The van der Waals surface area contributed by atoms with E-state index < -0.39 is 29.8 Å². The maximum Gasteiger partial charge on any atom is 0.417 e. The molecule has 0 spiro atoms. The van der Waals surface area contributed by atoms with E-state index in [0.29, 0.717) is 6.92 Å². The highest BCUT2D eigenvalue weighted by molar-refractivity contribution is 5.79. The number of carbonyl (C=O) groups is 1. The van der Waals surface area contributed by atoms with Gasteiger partial charge < -0.3 is 10.2 Å². The Kier molecular flexibility index (Phi) is 4.12. The zero-order valence-electron chi connectivity index (χ0n) is 8.59. The molecular formula is C8H14F3NO3. The number of aliphatic carboxylic acids is 1. The molecule has 3 N–H and O–H groups in total. The largest absolute Gasteiger partial charge is 0.480 e. The van der Waals surface area contributed by atoms with Gasteiger partial charge in [0, 0.05) is 6.04 Å². The molecule has 3 atom stereocenters. The molecule has 0 heterocycles. The lowest BCUT2D eigenvalue weighted by Crippen LogP contribution is -2.63. The Labute approximate surface area is 85.1 Å². The molecule has 0 aromatic heterocycles. The summed E-state index contributed by atoms with van der Waals surface area (Å²) in [6, 6.07) is -0.979. The maximum absolute atomic E-state index is 12.5. The van der Waals surface area contributed by atoms with Gasteiger partial charge >= 0.3 is 12.1 Å². The van der Waals surface area contributed by atoms with Crippen molar-refractivity contribution in [2.24, 2.45) is 0 Å². The molecule has 0 radical (unpaired) electrons. The first-order valence-electron chi connectivity index (χ1n) is 4.28. The lowest BCUT2D eigenvalue weighted by atomic mass is 9.99. The van der Waals surface area contributed by atoms with E-state index >= 15 is 0 Å². The molecule has 0 saturated carbocycles. The normalized spacial score (nSPS) is 20.5. The van der Waals surface area contributed by atoms with Crippen molar-refractivity contribution in [2.75, 3.05) is 0 Å². The molecular weight excluding hydrogens is 215 g/mol. The van der Waals surface area contributed by atoms with Gasteiger partial charge in [-0.1, -0.05) is 0 Å². The first-order chi connectivity index (χ1) is 6.52. The van der Waals surface area contributed by atoms with E-state index in [0.717, 1.165) is 0 Å². The van der Waals surface area contributed by atoms with Gasteiger partial charge in [-0.15, -0.1) is 0 Å². The molecule has 0 saturated heterocycles. The predicted molar refractivity (Wildman–Crippen MR) is 46.4 cm³/mol. The number of aliphatic hydroxyl groups excluding tert-OH is 1. The summed E-state index contributed by atoms with van der Waals surface area (Å²) in [6.07, 6.45) is -6.01. The van der Waals surface area contributed by atoms with Gasteiger partial charge in [0.2, 0.25) is 5.54 Å². The van der Waals surface area contributed by atoms with Crippen LogP contribution >= 0.6 is 0 Å². The summed E-state index contributed by atoms with van der Waals surface area (Å²) in [5.41, 5.74) is -3.05. The average molecular weight is 229 g/mol. The van der Waals surface area contributed by atoms with E-state index in [-0.39, 0.29) is 0 Å². The van der Waals surface area contributed by atoms with Crippen LogP contribution in [0.15, 0.2) is 0 Å². The van der Waals surface area contributed by atoms with Gasteiger partial charge in [-0.2, -0.15) is 13.2 Å². The van der Waals surface area contributed by atoms with E-state index in [1.54, 1.807) is 0 Å². The van der Waals surface area contributed by atoms with E-state index in [2.05, 4.69) is 0 Å². The number of halogens is 3. The van der Waals surface area contributed by atoms with Crippen molar-refractivity contribution < 1.29 is 28.2 Å². The second kappa shape index (κ2) is 4.36. The maximum atomic E-state index is 12.5. The fraction of sp³-hybridized carbons (Fsp3) is 0.875. The monoisotopic (exact) mass is 229 g/mol. The fourth-order valence-electron chi connectivity index (χ4n) is 0.841. The molecule has 4 nitrogen and oxygen atoms in total. The Bertz CT molecular complexity index is 242. The summed E-state index contributed by atoms with van der Waals surface area (Å²) in [5.74, 6) is -2.03. The molecule has 0 aliphatic rings. The molecule has 0 aromatic carbocycles. The molecule has 0 fully saturated rings. The minimum atomic E-state index is -4.93. The molecule has 0 aromatic rings. The minimum Gasteiger partial charge on any atom is -0.480 e. The van der Waals surface area contributed by atoms with Crippen LogP contribution in [0.25, 0.3) is 0 Å². The number of nitrogens with one attached hydrogen (secondary N) is 1. The van der Waals surface area contributed by atoms with Gasteiger partial charge in [0.1, 0.15) is 0 Å². The van der Waals surface area contributed by atoms with Crippen LogP contribution in [0.1, 0.15) is 20.8 Å². The summed E-state index contributed by atoms with van der Waals surface area (Å²) in [5, 5.41) is 19.4. The van der Waals surface area contributed by atoms with Crippen molar-refractivity contribution in [2.45, 2.75) is 44.6 Å². The molecule has 0 amide bonds. The van der Waals surface area contributed by atoms with Crippen molar-refractivity contribution in [3.8, 4) is 0 Å². The standard InChI is InChI=1S/C8H14F3NO3/c1-4(5(2)13)12-7(3,6(14)15)8(9,10)11/h4-5,12-13H,1-3H3,(H,14,15). The van der Waals surface area contributed by atoms with E-state index in [1.165, 1.54) is 13.8 Å².